The lowest BCUT2D eigenvalue weighted by molar-refractivity contribution is -0.274. The van der Waals surface area contributed by atoms with Crippen molar-refractivity contribution in [2.24, 2.45) is 5.92 Å². The van der Waals surface area contributed by atoms with E-state index in [0.29, 0.717) is 16.3 Å². The third-order valence-corrected chi connectivity index (χ3v) is 5.35. The molecule has 0 saturated carbocycles. The van der Waals surface area contributed by atoms with Crippen LogP contribution in [0.3, 0.4) is 0 Å². The van der Waals surface area contributed by atoms with Gasteiger partial charge < -0.3 is 9.84 Å². The number of alkyl halides is 3. The molecule has 1 aromatic heterocycles. The summed E-state index contributed by atoms with van der Waals surface area (Å²) in [5.41, 5.74) is 1.92. The molecule has 0 unspecified atom stereocenters. The van der Waals surface area contributed by atoms with Crippen molar-refractivity contribution in [1.29, 1.82) is 0 Å². The van der Waals surface area contributed by atoms with Gasteiger partial charge in [0.25, 0.3) is 0 Å². The summed E-state index contributed by atoms with van der Waals surface area (Å²) in [6.07, 6.45) is -4.62. The highest BCUT2D eigenvalue weighted by atomic mass is 32.1. The molecule has 0 fully saturated rings. The van der Waals surface area contributed by atoms with Gasteiger partial charge in [0.05, 0.1) is 11.6 Å². The largest absolute Gasteiger partial charge is 0.573 e. The Kier molecular flexibility index (Phi) is 7.06. The summed E-state index contributed by atoms with van der Waals surface area (Å²) in [6.45, 7) is 0. The Morgan fingerprint density at radius 1 is 1.06 bits per heavy atom. The van der Waals surface area contributed by atoms with Crippen LogP contribution in [0.5, 0.6) is 5.75 Å². The molecule has 0 spiro atoms. The first-order valence-corrected chi connectivity index (χ1v) is 10.2. The highest BCUT2D eigenvalue weighted by molar-refractivity contribution is 7.13. The van der Waals surface area contributed by atoms with E-state index in [2.05, 4.69) is 9.72 Å². The minimum Gasteiger partial charge on any atom is -0.481 e. The van der Waals surface area contributed by atoms with Crippen LogP contribution in [0, 0.1) is 5.92 Å². The van der Waals surface area contributed by atoms with Crippen molar-refractivity contribution in [2.75, 3.05) is 0 Å². The van der Waals surface area contributed by atoms with Crippen LogP contribution in [0.15, 0.2) is 60.0 Å². The molecule has 0 aliphatic heterocycles. The van der Waals surface area contributed by atoms with Gasteiger partial charge in [0.2, 0.25) is 0 Å². The first-order chi connectivity index (χ1) is 14.7. The minimum absolute atomic E-state index is 0.00959. The first-order valence-electron chi connectivity index (χ1n) is 9.28. The molecule has 9 heteroatoms. The van der Waals surface area contributed by atoms with Gasteiger partial charge in [0.15, 0.2) is 0 Å². The molecule has 3 aromatic rings. The molecule has 1 atom stereocenters. The number of carbonyl (C=O) groups is 2. The van der Waals surface area contributed by atoms with Crippen LogP contribution in [-0.2, 0) is 22.4 Å². The normalized spacial score (nSPS) is 12.4. The minimum atomic E-state index is -4.76. The van der Waals surface area contributed by atoms with Gasteiger partial charge in [0.1, 0.15) is 16.5 Å². The lowest BCUT2D eigenvalue weighted by Gasteiger charge is -2.11. The van der Waals surface area contributed by atoms with E-state index < -0.39 is 18.2 Å². The van der Waals surface area contributed by atoms with E-state index in [0.717, 1.165) is 5.56 Å². The number of nitrogens with zero attached hydrogens (tertiary/aromatic N) is 1. The fraction of sp³-hybridized carbons (Fsp3) is 0.227. The number of ether oxygens (including phenoxy) is 1. The second-order valence-electron chi connectivity index (χ2n) is 6.86. The van der Waals surface area contributed by atoms with Crippen molar-refractivity contribution in [2.45, 2.75) is 25.6 Å². The van der Waals surface area contributed by atoms with Crippen LogP contribution in [0.25, 0.3) is 10.6 Å². The molecular weight excluding hydrogens is 431 g/mol. The third kappa shape index (κ3) is 6.92. The highest BCUT2D eigenvalue weighted by Gasteiger charge is 2.31. The van der Waals surface area contributed by atoms with Gasteiger partial charge in [-0.15, -0.1) is 24.5 Å². The van der Waals surface area contributed by atoms with E-state index in [9.17, 15) is 27.9 Å². The molecule has 1 N–H and O–H groups in total. The van der Waals surface area contributed by atoms with E-state index in [-0.39, 0.29) is 30.8 Å². The predicted molar refractivity (Wildman–Crippen MR) is 109 cm³/mol. The number of carbonyl (C=O) groups excluding carboxylic acids is 1. The van der Waals surface area contributed by atoms with Crippen LogP contribution >= 0.6 is 11.3 Å². The number of hydrogen-bond donors (Lipinski definition) is 1. The summed E-state index contributed by atoms with van der Waals surface area (Å²) >= 11 is 1.25. The number of carboxylic acid groups (broad SMARTS) is 1. The zero-order valence-electron chi connectivity index (χ0n) is 16.1. The second kappa shape index (κ2) is 9.74. The van der Waals surface area contributed by atoms with Gasteiger partial charge in [0, 0.05) is 23.8 Å². The SMILES string of the molecule is O=C(Cc1csc(-c2ccc(OC(F)(F)F)cc2)n1)C[C@@H](Cc1ccccc1)C(=O)O. The van der Waals surface area contributed by atoms with E-state index in [1.54, 1.807) is 5.38 Å². The molecule has 31 heavy (non-hydrogen) atoms. The maximum atomic E-state index is 12.4. The average Bonchev–Trinajstić information content (AvgIpc) is 3.16. The van der Waals surface area contributed by atoms with Gasteiger partial charge in [-0.3, -0.25) is 9.59 Å². The molecule has 0 amide bonds. The summed E-state index contributed by atoms with van der Waals surface area (Å²) in [5, 5.41) is 11.7. The Morgan fingerprint density at radius 2 is 1.74 bits per heavy atom. The fourth-order valence-electron chi connectivity index (χ4n) is 3.01. The van der Waals surface area contributed by atoms with E-state index in [1.807, 2.05) is 30.3 Å². The van der Waals surface area contributed by atoms with Gasteiger partial charge in [-0.1, -0.05) is 30.3 Å². The number of hydrogen-bond acceptors (Lipinski definition) is 5. The van der Waals surface area contributed by atoms with E-state index >= 15 is 0 Å². The number of Topliss-reactive ketones (excluding diaryl/α,β-unsaturated/α-hetero) is 1. The first kappa shape index (κ1) is 22.5. The number of aromatic nitrogens is 1. The quantitative estimate of drug-likeness (QED) is 0.489. The Morgan fingerprint density at radius 3 is 2.35 bits per heavy atom. The number of halogens is 3. The molecule has 0 aliphatic rings. The van der Waals surface area contributed by atoms with E-state index in [1.165, 1.54) is 35.6 Å². The van der Waals surface area contributed by atoms with Crippen LogP contribution in [0.2, 0.25) is 0 Å². The number of carboxylic acids is 1. The summed E-state index contributed by atoms with van der Waals surface area (Å²) in [7, 11) is 0. The zero-order chi connectivity index (χ0) is 22.4. The molecule has 2 aromatic carbocycles. The molecule has 0 radical (unpaired) electrons. The lowest BCUT2D eigenvalue weighted by Crippen LogP contribution is -2.21. The molecule has 0 aliphatic carbocycles. The van der Waals surface area contributed by atoms with E-state index in [4.69, 9.17) is 0 Å². The molecule has 162 valence electrons. The molecule has 1 heterocycles. The molecular formula is C22H18F3NO4S. The number of aliphatic carboxylic acids is 1. The Hall–Kier alpha value is -3.20. The zero-order valence-corrected chi connectivity index (χ0v) is 16.9. The third-order valence-electron chi connectivity index (χ3n) is 4.41. The van der Waals surface area contributed by atoms with Crippen molar-refractivity contribution in [3.63, 3.8) is 0 Å². The highest BCUT2D eigenvalue weighted by Crippen LogP contribution is 2.28. The van der Waals surface area contributed by atoms with Crippen LogP contribution in [0.1, 0.15) is 17.7 Å². The van der Waals surface area contributed by atoms with Crippen LogP contribution < -0.4 is 4.74 Å². The van der Waals surface area contributed by atoms with Gasteiger partial charge in [-0.2, -0.15) is 0 Å². The van der Waals surface area contributed by atoms with Crippen molar-refractivity contribution in [3.8, 4) is 16.3 Å². The van der Waals surface area contributed by atoms with Crippen LogP contribution in [0.4, 0.5) is 13.2 Å². The van der Waals surface area contributed by atoms with Crippen LogP contribution in [-0.4, -0.2) is 28.2 Å². The Balaban J connectivity index is 1.60. The number of thiazole rings is 1. The maximum absolute atomic E-state index is 12.4. The van der Waals surface area contributed by atoms with Crippen molar-refractivity contribution in [3.05, 3.63) is 71.2 Å². The average molecular weight is 449 g/mol. The van der Waals surface area contributed by atoms with Gasteiger partial charge in [-0.05, 0) is 36.2 Å². The molecule has 0 saturated heterocycles. The Bertz CT molecular complexity index is 1030. The van der Waals surface area contributed by atoms with Crippen molar-refractivity contribution < 1.29 is 32.6 Å². The maximum Gasteiger partial charge on any atom is 0.573 e. The summed E-state index contributed by atoms with van der Waals surface area (Å²) in [6, 6.07) is 14.4. The second-order valence-corrected chi connectivity index (χ2v) is 7.72. The number of rotatable bonds is 9. The number of ketones is 1. The van der Waals surface area contributed by atoms with Gasteiger partial charge >= 0.3 is 12.3 Å². The predicted octanol–water partition coefficient (Wildman–Crippen LogP) is 5.15. The van der Waals surface area contributed by atoms with Crippen molar-refractivity contribution in [1.82, 2.24) is 4.98 Å². The van der Waals surface area contributed by atoms with Crippen molar-refractivity contribution >= 4 is 23.1 Å². The summed E-state index contributed by atoms with van der Waals surface area (Å²) in [4.78, 5) is 28.3. The topological polar surface area (TPSA) is 76.5 Å². The standard InChI is InChI=1S/C22H18F3NO4S/c23-22(24,25)30-19-8-6-15(7-9-19)20-26-17(13-31-20)12-18(27)11-16(21(28)29)10-14-4-2-1-3-5-14/h1-9,13,16H,10-12H2,(H,28,29)/t16-/m1/s1. The monoisotopic (exact) mass is 449 g/mol. The van der Waals surface area contributed by atoms with Gasteiger partial charge in [-0.25, -0.2) is 4.98 Å². The Labute approximate surface area is 180 Å². The molecule has 3 rings (SSSR count). The smallest absolute Gasteiger partial charge is 0.481 e. The summed E-state index contributed by atoms with van der Waals surface area (Å²) < 4.78 is 40.6. The fourth-order valence-corrected chi connectivity index (χ4v) is 3.84. The molecule has 5 nitrogen and oxygen atoms in total. The number of benzene rings is 2. The molecule has 0 bridgehead atoms. The lowest BCUT2D eigenvalue weighted by atomic mass is 9.93. The summed E-state index contributed by atoms with van der Waals surface area (Å²) in [5.74, 6) is -2.43.